The molecule has 0 unspecified atom stereocenters. The van der Waals surface area contributed by atoms with E-state index in [2.05, 4.69) is 15.6 Å². The monoisotopic (exact) mass is 476 g/mol. The molecule has 176 valence electrons. The number of aromatic carboxylic acids is 1. The fourth-order valence-electron chi connectivity index (χ4n) is 3.30. The zero-order valence-corrected chi connectivity index (χ0v) is 18.2. The predicted molar refractivity (Wildman–Crippen MR) is 128 cm³/mol. The molecule has 3 aromatic rings. The van der Waals surface area contributed by atoms with Gasteiger partial charge in [0.1, 0.15) is 5.75 Å². The van der Waals surface area contributed by atoms with Gasteiger partial charge in [0.15, 0.2) is 17.3 Å². The van der Waals surface area contributed by atoms with Gasteiger partial charge < -0.3 is 10.2 Å². The summed E-state index contributed by atoms with van der Waals surface area (Å²) in [4.78, 5) is 24.1. The molecule has 10 heteroatoms. The minimum Gasteiger partial charge on any atom is -0.505 e. The normalized spacial score (nSPS) is 14.6. The highest BCUT2D eigenvalue weighted by molar-refractivity contribution is 6.71. The van der Waals surface area contributed by atoms with Crippen LogP contribution in [-0.4, -0.2) is 33.5 Å². The summed E-state index contributed by atoms with van der Waals surface area (Å²) >= 11 is 0. The van der Waals surface area contributed by atoms with Crippen molar-refractivity contribution >= 4 is 46.8 Å². The summed E-state index contributed by atoms with van der Waals surface area (Å²) in [6.07, 6.45) is 2.74. The van der Waals surface area contributed by atoms with Crippen molar-refractivity contribution in [3.63, 3.8) is 0 Å². The van der Waals surface area contributed by atoms with Gasteiger partial charge >= 0.3 is 11.9 Å². The topological polar surface area (TPSA) is 115 Å². The third kappa shape index (κ3) is 4.76. The summed E-state index contributed by atoms with van der Waals surface area (Å²) in [5, 5.41) is 29.0. The lowest BCUT2D eigenvalue weighted by atomic mass is 10.1. The van der Waals surface area contributed by atoms with E-state index in [-0.39, 0.29) is 39.7 Å². The summed E-state index contributed by atoms with van der Waals surface area (Å²) in [6, 6.07) is 14.2. The standard InChI is InChI=1S/C25H18F2N4O4/c1-14-22(24(33)31(30-14)18-8-2-7-17(13-18)25(34)35)29-28-20-10-4-6-16(23(20)32)12-11-15-5-3-9-19(26)21(15)27/h2-13,28,32H,1H3,(H,34,35)/b12-11+,29-22-. The number of hydrogen-bond acceptors (Lipinski definition) is 6. The third-order valence-corrected chi connectivity index (χ3v) is 5.10. The number of aromatic hydroxyl groups is 1. The number of halogens is 2. The molecule has 1 aliphatic heterocycles. The molecule has 0 aromatic heterocycles. The number of hydrogen-bond donors (Lipinski definition) is 3. The molecule has 0 aliphatic carbocycles. The molecule has 0 bridgehead atoms. The summed E-state index contributed by atoms with van der Waals surface area (Å²) < 4.78 is 27.3. The minimum absolute atomic E-state index is 0.000388. The van der Waals surface area contributed by atoms with Crippen molar-refractivity contribution in [1.29, 1.82) is 0 Å². The fourth-order valence-corrected chi connectivity index (χ4v) is 3.30. The number of carbonyl (C=O) groups is 2. The van der Waals surface area contributed by atoms with Crippen molar-refractivity contribution in [1.82, 2.24) is 0 Å². The summed E-state index contributed by atoms with van der Waals surface area (Å²) in [7, 11) is 0. The maximum atomic E-state index is 13.9. The smallest absolute Gasteiger partial charge is 0.335 e. The van der Waals surface area contributed by atoms with Gasteiger partial charge in [-0.1, -0.05) is 42.5 Å². The zero-order chi connectivity index (χ0) is 25.1. The Morgan fingerprint density at radius 2 is 1.74 bits per heavy atom. The van der Waals surface area contributed by atoms with Crippen LogP contribution in [0.5, 0.6) is 5.75 Å². The highest BCUT2D eigenvalue weighted by Gasteiger charge is 2.31. The summed E-state index contributed by atoms with van der Waals surface area (Å²) in [6.45, 7) is 1.56. The molecular weight excluding hydrogens is 458 g/mol. The number of carboxylic acid groups (broad SMARTS) is 1. The summed E-state index contributed by atoms with van der Waals surface area (Å²) in [5.41, 5.74) is 3.60. The second-order valence-corrected chi connectivity index (χ2v) is 7.45. The van der Waals surface area contributed by atoms with E-state index in [0.29, 0.717) is 5.56 Å². The van der Waals surface area contributed by atoms with Gasteiger partial charge in [0.25, 0.3) is 0 Å². The first-order valence-corrected chi connectivity index (χ1v) is 10.3. The number of hydrazone groups is 2. The molecule has 1 aliphatic rings. The van der Waals surface area contributed by atoms with Gasteiger partial charge in [-0.25, -0.2) is 13.6 Å². The van der Waals surface area contributed by atoms with Crippen LogP contribution in [0, 0.1) is 11.6 Å². The molecule has 4 rings (SSSR count). The molecule has 8 nitrogen and oxygen atoms in total. The first kappa shape index (κ1) is 23.3. The molecule has 3 N–H and O–H groups in total. The summed E-state index contributed by atoms with van der Waals surface area (Å²) in [5.74, 6) is -3.94. The molecule has 0 fully saturated rings. The molecule has 1 amide bonds. The highest BCUT2D eigenvalue weighted by Crippen LogP contribution is 2.30. The molecule has 0 atom stereocenters. The van der Waals surface area contributed by atoms with Crippen LogP contribution in [0.1, 0.15) is 28.4 Å². The van der Waals surface area contributed by atoms with Crippen molar-refractivity contribution in [3.8, 4) is 5.75 Å². The number of nitrogens with zero attached hydrogens (tertiary/aromatic N) is 3. The number of para-hydroxylation sites is 1. The molecule has 3 aromatic carbocycles. The van der Waals surface area contributed by atoms with Gasteiger partial charge in [0.05, 0.1) is 22.6 Å². The molecule has 0 saturated carbocycles. The van der Waals surface area contributed by atoms with Crippen LogP contribution in [-0.2, 0) is 4.79 Å². The number of phenolic OH excluding ortho intramolecular Hbond substituents is 1. The van der Waals surface area contributed by atoms with Crippen LogP contribution < -0.4 is 10.4 Å². The van der Waals surface area contributed by atoms with Gasteiger partial charge in [0.2, 0.25) is 0 Å². The second-order valence-electron chi connectivity index (χ2n) is 7.45. The maximum Gasteiger partial charge on any atom is 0.335 e. The van der Waals surface area contributed by atoms with Crippen LogP contribution >= 0.6 is 0 Å². The lowest BCUT2D eigenvalue weighted by Gasteiger charge is -2.12. The van der Waals surface area contributed by atoms with Crippen LogP contribution in [0.25, 0.3) is 12.2 Å². The van der Waals surface area contributed by atoms with Crippen molar-refractivity contribution in [2.75, 3.05) is 10.4 Å². The SMILES string of the molecule is CC1=NN(c2cccc(C(=O)O)c2)C(=O)/C1=N\Nc1cccc(/C=C/c2cccc(F)c2F)c1O. The molecule has 1 heterocycles. The van der Waals surface area contributed by atoms with Crippen molar-refractivity contribution in [2.24, 2.45) is 10.2 Å². The Balaban J connectivity index is 1.55. The Hall–Kier alpha value is -4.86. The molecule has 0 spiro atoms. The third-order valence-electron chi connectivity index (χ3n) is 5.10. The van der Waals surface area contributed by atoms with E-state index >= 15 is 0 Å². The Labute approximate surface area is 198 Å². The average Bonchev–Trinajstić information content (AvgIpc) is 3.13. The van der Waals surface area contributed by atoms with E-state index in [1.54, 1.807) is 25.1 Å². The van der Waals surface area contributed by atoms with Crippen LogP contribution in [0.3, 0.4) is 0 Å². The van der Waals surface area contributed by atoms with Crippen LogP contribution in [0.4, 0.5) is 20.2 Å². The Bertz CT molecular complexity index is 1430. The number of amides is 1. The maximum absolute atomic E-state index is 13.9. The Morgan fingerprint density at radius 3 is 2.51 bits per heavy atom. The highest BCUT2D eigenvalue weighted by atomic mass is 19.2. The minimum atomic E-state index is -1.14. The van der Waals surface area contributed by atoms with Gasteiger partial charge in [0, 0.05) is 11.1 Å². The van der Waals surface area contributed by atoms with Gasteiger partial charge in [-0.15, -0.1) is 0 Å². The quantitative estimate of drug-likeness (QED) is 0.270. The predicted octanol–water partition coefficient (Wildman–Crippen LogP) is 4.73. The van der Waals surface area contributed by atoms with E-state index in [1.807, 2.05) is 0 Å². The number of benzene rings is 3. The van der Waals surface area contributed by atoms with E-state index in [9.17, 15) is 28.6 Å². The largest absolute Gasteiger partial charge is 0.505 e. The van der Waals surface area contributed by atoms with Crippen LogP contribution in [0.2, 0.25) is 0 Å². The molecule has 0 radical (unpaired) electrons. The van der Waals surface area contributed by atoms with Crippen LogP contribution in [0.15, 0.2) is 70.9 Å². The number of anilines is 2. The van der Waals surface area contributed by atoms with Gasteiger partial charge in [-0.05, 0) is 37.3 Å². The van der Waals surface area contributed by atoms with Crippen molar-refractivity contribution in [2.45, 2.75) is 6.92 Å². The van der Waals surface area contributed by atoms with Crippen molar-refractivity contribution in [3.05, 3.63) is 89.0 Å². The van der Waals surface area contributed by atoms with E-state index in [0.717, 1.165) is 11.1 Å². The number of carboxylic acids is 1. The van der Waals surface area contributed by atoms with Gasteiger partial charge in [-0.2, -0.15) is 15.2 Å². The fraction of sp³-hybridized carbons (Fsp3) is 0.0400. The number of carbonyl (C=O) groups excluding carboxylic acids is 1. The number of nitrogens with one attached hydrogen (secondary N) is 1. The Morgan fingerprint density at radius 1 is 1.06 bits per heavy atom. The Kier molecular flexibility index (Phi) is 6.36. The van der Waals surface area contributed by atoms with E-state index in [4.69, 9.17) is 0 Å². The average molecular weight is 476 g/mol. The van der Waals surface area contributed by atoms with E-state index in [1.165, 1.54) is 48.6 Å². The molecule has 35 heavy (non-hydrogen) atoms. The lowest BCUT2D eigenvalue weighted by molar-refractivity contribution is -0.112. The molecular formula is C25H18F2N4O4. The first-order valence-electron chi connectivity index (χ1n) is 10.3. The molecule has 0 saturated heterocycles. The first-order chi connectivity index (χ1) is 16.8. The zero-order valence-electron chi connectivity index (χ0n) is 18.2. The number of phenols is 1. The van der Waals surface area contributed by atoms with E-state index < -0.39 is 23.5 Å². The van der Waals surface area contributed by atoms with Crippen molar-refractivity contribution < 1.29 is 28.6 Å². The lowest BCUT2D eigenvalue weighted by Crippen LogP contribution is -2.28. The number of rotatable bonds is 6. The van der Waals surface area contributed by atoms with Gasteiger partial charge in [-0.3, -0.25) is 10.2 Å². The second kappa shape index (κ2) is 9.56.